The lowest BCUT2D eigenvalue weighted by Crippen LogP contribution is -2.22. The van der Waals surface area contributed by atoms with Crippen molar-refractivity contribution in [2.75, 3.05) is 0 Å². The Labute approximate surface area is 159 Å². The second-order valence-electron chi connectivity index (χ2n) is 6.02. The summed E-state index contributed by atoms with van der Waals surface area (Å²) in [5.74, 6) is 0. The number of nitrogens with zero attached hydrogens (tertiary/aromatic N) is 3. The van der Waals surface area contributed by atoms with Crippen LogP contribution in [0.2, 0.25) is 0 Å². The number of non-ortho nitro benzene ring substituents is 1. The number of hydrogen-bond acceptors (Lipinski definition) is 6. The van der Waals surface area contributed by atoms with Gasteiger partial charge in [0.2, 0.25) is 0 Å². The molecule has 26 heavy (non-hydrogen) atoms. The molecule has 3 rings (SSSR count). The lowest BCUT2D eigenvalue weighted by molar-refractivity contribution is -0.384. The van der Waals surface area contributed by atoms with Gasteiger partial charge in [0.05, 0.1) is 10.3 Å². The van der Waals surface area contributed by atoms with Gasteiger partial charge in [0.25, 0.3) is 11.2 Å². The van der Waals surface area contributed by atoms with Crippen LogP contribution >= 0.6 is 23.1 Å². The molecule has 2 aromatic heterocycles. The van der Waals surface area contributed by atoms with Gasteiger partial charge in [-0.3, -0.25) is 19.5 Å². The molecule has 1 atom stereocenters. The molecule has 1 aromatic carbocycles. The number of aryl methyl sites for hydroxylation is 2. The van der Waals surface area contributed by atoms with Gasteiger partial charge in [0.15, 0.2) is 5.16 Å². The van der Waals surface area contributed by atoms with E-state index in [1.54, 1.807) is 16.7 Å². The summed E-state index contributed by atoms with van der Waals surface area (Å²) in [5.41, 5.74) is 1.87. The maximum absolute atomic E-state index is 12.9. The Balaban J connectivity index is 2.04. The second-order valence-corrected chi connectivity index (χ2v) is 8.53. The van der Waals surface area contributed by atoms with E-state index < -0.39 is 4.92 Å². The predicted molar refractivity (Wildman–Crippen MR) is 106 cm³/mol. The van der Waals surface area contributed by atoms with Crippen LogP contribution in [0.3, 0.4) is 0 Å². The van der Waals surface area contributed by atoms with E-state index in [1.165, 1.54) is 29.2 Å². The van der Waals surface area contributed by atoms with Crippen molar-refractivity contribution in [2.24, 2.45) is 0 Å². The minimum absolute atomic E-state index is 0.0203. The number of aromatic nitrogens is 2. The first-order valence-corrected chi connectivity index (χ1v) is 9.94. The van der Waals surface area contributed by atoms with Gasteiger partial charge in [-0.15, -0.1) is 11.3 Å². The highest BCUT2D eigenvalue weighted by molar-refractivity contribution is 7.99. The molecule has 0 unspecified atom stereocenters. The Morgan fingerprint density at radius 1 is 1.38 bits per heavy atom. The molecule has 0 fully saturated rings. The minimum Gasteiger partial charge on any atom is -0.287 e. The van der Waals surface area contributed by atoms with Crippen molar-refractivity contribution in [1.29, 1.82) is 0 Å². The Morgan fingerprint density at radius 3 is 2.77 bits per heavy atom. The van der Waals surface area contributed by atoms with Crippen LogP contribution in [0.15, 0.2) is 34.2 Å². The molecule has 0 N–H and O–H groups in total. The quantitative estimate of drug-likeness (QED) is 0.270. The summed E-state index contributed by atoms with van der Waals surface area (Å²) in [7, 11) is 0. The molecule has 0 aliphatic rings. The monoisotopic (exact) mass is 389 g/mol. The molecule has 0 spiro atoms. The Kier molecular flexibility index (Phi) is 5.15. The van der Waals surface area contributed by atoms with E-state index in [9.17, 15) is 14.9 Å². The zero-order valence-electron chi connectivity index (χ0n) is 15.0. The van der Waals surface area contributed by atoms with E-state index in [0.717, 1.165) is 20.8 Å². The van der Waals surface area contributed by atoms with Crippen molar-refractivity contribution in [3.63, 3.8) is 0 Å². The molecule has 2 heterocycles. The zero-order valence-corrected chi connectivity index (χ0v) is 16.6. The van der Waals surface area contributed by atoms with Crippen LogP contribution in [0.25, 0.3) is 10.2 Å². The molecule has 6 nitrogen and oxygen atoms in total. The Morgan fingerprint density at radius 2 is 2.12 bits per heavy atom. The summed E-state index contributed by atoms with van der Waals surface area (Å²) < 4.78 is 1.68. The largest absolute Gasteiger partial charge is 0.287 e. The molecule has 0 amide bonds. The lowest BCUT2D eigenvalue weighted by Gasteiger charge is -2.15. The van der Waals surface area contributed by atoms with Crippen LogP contribution in [0, 0.1) is 24.0 Å². The average molecular weight is 390 g/mol. The highest BCUT2D eigenvalue weighted by Crippen LogP contribution is 2.36. The Bertz CT molecular complexity index is 1060. The normalized spacial score (nSPS) is 12.5. The smallest absolute Gasteiger partial charge is 0.269 e. The van der Waals surface area contributed by atoms with Gasteiger partial charge >= 0.3 is 0 Å². The number of thioether (sulfide) groups is 1. The maximum atomic E-state index is 12.9. The van der Waals surface area contributed by atoms with Gasteiger partial charge in [-0.1, -0.05) is 23.9 Å². The fourth-order valence-electron chi connectivity index (χ4n) is 2.79. The van der Waals surface area contributed by atoms with E-state index >= 15 is 0 Å². The predicted octanol–water partition coefficient (Wildman–Crippen LogP) is 4.86. The van der Waals surface area contributed by atoms with Gasteiger partial charge in [0, 0.05) is 28.8 Å². The third kappa shape index (κ3) is 3.26. The SMILES string of the molecule is CCn1c(S[C@@H](C)c2cccc([N+](=O)[O-])c2)nc2sc(C)c(C)c2c1=O. The summed E-state index contributed by atoms with van der Waals surface area (Å²) in [6.07, 6.45) is 0. The van der Waals surface area contributed by atoms with E-state index in [-0.39, 0.29) is 16.5 Å². The van der Waals surface area contributed by atoms with Gasteiger partial charge in [-0.25, -0.2) is 4.98 Å². The molecule has 0 saturated heterocycles. The average Bonchev–Trinajstić information content (AvgIpc) is 2.89. The number of nitro groups is 1. The third-order valence-electron chi connectivity index (χ3n) is 4.40. The van der Waals surface area contributed by atoms with Crippen molar-refractivity contribution in [1.82, 2.24) is 9.55 Å². The number of benzene rings is 1. The number of rotatable bonds is 5. The molecular formula is C18H19N3O3S2. The van der Waals surface area contributed by atoms with Crippen LogP contribution in [-0.2, 0) is 6.54 Å². The van der Waals surface area contributed by atoms with Crippen molar-refractivity contribution in [2.45, 2.75) is 44.6 Å². The highest BCUT2D eigenvalue weighted by atomic mass is 32.2. The zero-order chi connectivity index (χ0) is 19.0. The molecule has 136 valence electrons. The molecule has 0 radical (unpaired) electrons. The van der Waals surface area contributed by atoms with Crippen molar-refractivity contribution < 1.29 is 4.92 Å². The number of fused-ring (bicyclic) bond motifs is 1. The first-order valence-electron chi connectivity index (χ1n) is 8.25. The summed E-state index contributed by atoms with van der Waals surface area (Å²) in [4.78, 5) is 30.1. The molecule has 0 bridgehead atoms. The fourth-order valence-corrected chi connectivity index (χ4v) is 4.95. The third-order valence-corrected chi connectivity index (χ3v) is 6.65. The molecule has 0 aliphatic heterocycles. The van der Waals surface area contributed by atoms with Crippen LogP contribution < -0.4 is 5.56 Å². The summed E-state index contributed by atoms with van der Waals surface area (Å²) in [5, 5.41) is 12.3. The van der Waals surface area contributed by atoms with Crippen LogP contribution in [0.5, 0.6) is 0 Å². The van der Waals surface area contributed by atoms with Crippen molar-refractivity contribution in [3.05, 3.63) is 60.7 Å². The van der Waals surface area contributed by atoms with Crippen molar-refractivity contribution in [3.8, 4) is 0 Å². The molecule has 8 heteroatoms. The van der Waals surface area contributed by atoms with Gasteiger partial charge in [-0.2, -0.15) is 0 Å². The summed E-state index contributed by atoms with van der Waals surface area (Å²) in [6.45, 7) is 8.36. The number of hydrogen-bond donors (Lipinski definition) is 0. The lowest BCUT2D eigenvalue weighted by atomic mass is 10.1. The molecule has 0 aliphatic carbocycles. The number of nitro benzene ring substituents is 1. The standard InChI is InChI=1S/C18H19N3O3S2/c1-5-20-17(22)15-10(2)11(3)25-16(15)19-18(20)26-12(4)13-7-6-8-14(9-13)21(23)24/h6-9,12H,5H2,1-4H3/t12-/m0/s1. The van der Waals surface area contributed by atoms with E-state index in [1.807, 2.05) is 33.8 Å². The van der Waals surface area contributed by atoms with Crippen molar-refractivity contribution >= 4 is 39.0 Å². The first kappa shape index (κ1) is 18.6. The summed E-state index contributed by atoms with van der Waals surface area (Å²) >= 11 is 2.98. The number of thiophene rings is 1. The molecule has 0 saturated carbocycles. The van der Waals surface area contributed by atoms with Gasteiger partial charge in [-0.05, 0) is 38.8 Å². The second kappa shape index (κ2) is 7.20. The van der Waals surface area contributed by atoms with Crippen LogP contribution in [0.4, 0.5) is 5.69 Å². The molecule has 3 aromatic rings. The van der Waals surface area contributed by atoms with E-state index in [2.05, 4.69) is 0 Å². The Hall–Kier alpha value is -2.19. The maximum Gasteiger partial charge on any atom is 0.269 e. The summed E-state index contributed by atoms with van der Waals surface area (Å²) in [6, 6.07) is 6.59. The van der Waals surface area contributed by atoms with Gasteiger partial charge in [0.1, 0.15) is 4.83 Å². The topological polar surface area (TPSA) is 78.0 Å². The van der Waals surface area contributed by atoms with E-state index in [4.69, 9.17) is 4.98 Å². The highest BCUT2D eigenvalue weighted by Gasteiger charge is 2.19. The fraction of sp³-hybridized carbons (Fsp3) is 0.333. The van der Waals surface area contributed by atoms with Crippen LogP contribution in [0.1, 0.15) is 35.1 Å². The van der Waals surface area contributed by atoms with E-state index in [0.29, 0.717) is 17.1 Å². The minimum atomic E-state index is -0.398. The van der Waals surface area contributed by atoms with Gasteiger partial charge < -0.3 is 0 Å². The first-order chi connectivity index (χ1) is 12.3. The molecular weight excluding hydrogens is 370 g/mol. The van der Waals surface area contributed by atoms with Crippen LogP contribution in [-0.4, -0.2) is 14.5 Å².